The maximum Gasteiger partial charge on any atom is 0.180 e. The molecule has 0 saturated heterocycles. The first kappa shape index (κ1) is 12.7. The monoisotopic (exact) mass is 279 g/mol. The third kappa shape index (κ3) is 1.97. The lowest BCUT2D eigenvalue weighted by molar-refractivity contribution is 0.488. The minimum absolute atomic E-state index is 0.386. The quantitative estimate of drug-likeness (QED) is 0.916. The van der Waals surface area contributed by atoms with Crippen LogP contribution in [-0.4, -0.2) is 20.2 Å². The summed E-state index contributed by atoms with van der Waals surface area (Å²) in [5.74, 6) is 0.931. The van der Waals surface area contributed by atoms with Gasteiger partial charge in [0.15, 0.2) is 9.84 Å². The molecule has 1 aromatic carbocycles. The maximum atomic E-state index is 12.2. The van der Waals surface area contributed by atoms with E-state index in [1.807, 2.05) is 0 Å². The Morgan fingerprint density at radius 2 is 2.11 bits per heavy atom. The number of hydrogen-bond acceptors (Lipinski definition) is 4. The van der Waals surface area contributed by atoms with Gasteiger partial charge in [-0.2, -0.15) is 0 Å². The van der Waals surface area contributed by atoms with Gasteiger partial charge in [-0.3, -0.25) is 0 Å². The summed E-state index contributed by atoms with van der Waals surface area (Å²) in [5.41, 5.74) is 1.92. The van der Waals surface area contributed by atoms with Gasteiger partial charge >= 0.3 is 0 Å². The van der Waals surface area contributed by atoms with E-state index >= 15 is 0 Å². The molecule has 0 fully saturated rings. The third-order valence-electron chi connectivity index (χ3n) is 3.63. The van der Waals surface area contributed by atoms with Gasteiger partial charge in [-0.25, -0.2) is 8.42 Å². The summed E-state index contributed by atoms with van der Waals surface area (Å²) >= 11 is 0. The lowest BCUT2D eigenvalue weighted by atomic mass is 10.1. The predicted molar refractivity (Wildman–Crippen MR) is 73.9 cm³/mol. The standard InChI is InChI=1S/C14H17NO3S/c1-9(2)19(16,17)10-3-4-13-12(7-10)11-5-6-15-8-14(11)18-13/h3-4,7,9,15H,5-6,8H2,1-2H3. The zero-order valence-electron chi connectivity index (χ0n) is 11.1. The van der Waals surface area contributed by atoms with Crippen molar-refractivity contribution >= 4 is 20.8 Å². The molecule has 0 amide bonds. The van der Waals surface area contributed by atoms with E-state index < -0.39 is 15.1 Å². The van der Waals surface area contributed by atoms with E-state index in [1.54, 1.807) is 32.0 Å². The normalized spacial score (nSPS) is 15.9. The number of nitrogens with one attached hydrogen (secondary N) is 1. The number of furan rings is 1. The summed E-state index contributed by atoms with van der Waals surface area (Å²) < 4.78 is 30.2. The Labute approximate surface area is 112 Å². The van der Waals surface area contributed by atoms with Crippen LogP contribution in [-0.2, 0) is 22.8 Å². The van der Waals surface area contributed by atoms with Crippen molar-refractivity contribution in [3.05, 3.63) is 29.5 Å². The molecule has 0 spiro atoms. The van der Waals surface area contributed by atoms with Gasteiger partial charge in [-0.05, 0) is 45.0 Å². The number of sulfone groups is 1. The first-order valence-corrected chi connectivity index (χ1v) is 8.03. The van der Waals surface area contributed by atoms with Crippen molar-refractivity contribution < 1.29 is 12.8 Å². The van der Waals surface area contributed by atoms with Crippen LogP contribution in [0.5, 0.6) is 0 Å². The maximum absolute atomic E-state index is 12.2. The van der Waals surface area contributed by atoms with Crippen molar-refractivity contribution in [3.63, 3.8) is 0 Å². The molecular formula is C14H17NO3S. The van der Waals surface area contributed by atoms with E-state index in [0.717, 1.165) is 41.8 Å². The van der Waals surface area contributed by atoms with E-state index in [9.17, 15) is 8.42 Å². The fourth-order valence-electron chi connectivity index (χ4n) is 2.46. The molecule has 0 atom stereocenters. The van der Waals surface area contributed by atoms with Gasteiger partial charge in [-0.15, -0.1) is 0 Å². The summed E-state index contributed by atoms with van der Waals surface area (Å²) in [7, 11) is -3.23. The first-order valence-electron chi connectivity index (χ1n) is 6.49. The Balaban J connectivity index is 2.21. The molecule has 0 bridgehead atoms. The molecule has 1 aliphatic heterocycles. The van der Waals surface area contributed by atoms with Crippen LogP contribution in [0.15, 0.2) is 27.5 Å². The van der Waals surface area contributed by atoms with Crippen LogP contribution in [0, 0.1) is 0 Å². The number of rotatable bonds is 2. The molecule has 2 aromatic rings. The molecule has 1 aromatic heterocycles. The largest absolute Gasteiger partial charge is 0.459 e. The second-order valence-electron chi connectivity index (χ2n) is 5.18. The van der Waals surface area contributed by atoms with E-state index in [4.69, 9.17) is 4.42 Å². The van der Waals surface area contributed by atoms with Crippen molar-refractivity contribution in [1.82, 2.24) is 5.32 Å². The minimum Gasteiger partial charge on any atom is -0.459 e. The third-order valence-corrected chi connectivity index (χ3v) is 5.78. The van der Waals surface area contributed by atoms with Gasteiger partial charge in [0.25, 0.3) is 0 Å². The molecule has 2 heterocycles. The molecule has 4 nitrogen and oxygen atoms in total. The average Bonchev–Trinajstić information content (AvgIpc) is 2.76. The highest BCUT2D eigenvalue weighted by atomic mass is 32.2. The predicted octanol–water partition coefficient (Wildman–Crippen LogP) is 2.26. The molecule has 3 rings (SSSR count). The van der Waals surface area contributed by atoms with Crippen LogP contribution in [0.2, 0.25) is 0 Å². The van der Waals surface area contributed by atoms with Crippen molar-refractivity contribution in [2.75, 3.05) is 6.54 Å². The lowest BCUT2D eigenvalue weighted by Crippen LogP contribution is -2.22. The highest BCUT2D eigenvalue weighted by Crippen LogP contribution is 2.31. The van der Waals surface area contributed by atoms with E-state index in [2.05, 4.69) is 5.32 Å². The molecule has 5 heteroatoms. The SMILES string of the molecule is CC(C)S(=O)(=O)c1ccc2oc3c(c2c1)CCNC3. The lowest BCUT2D eigenvalue weighted by Gasteiger charge is -2.11. The Hall–Kier alpha value is -1.33. The number of fused-ring (bicyclic) bond motifs is 3. The Kier molecular flexibility index (Phi) is 2.91. The summed E-state index contributed by atoms with van der Waals surface area (Å²) in [4.78, 5) is 0.386. The Morgan fingerprint density at radius 1 is 1.32 bits per heavy atom. The average molecular weight is 279 g/mol. The molecule has 102 valence electrons. The van der Waals surface area contributed by atoms with Gasteiger partial charge < -0.3 is 9.73 Å². The number of benzene rings is 1. The molecule has 0 saturated carbocycles. The second-order valence-corrected chi connectivity index (χ2v) is 7.69. The first-order chi connectivity index (χ1) is 9.00. The van der Waals surface area contributed by atoms with Crippen LogP contribution in [0.1, 0.15) is 25.2 Å². The minimum atomic E-state index is -3.23. The van der Waals surface area contributed by atoms with Gasteiger partial charge in [0.1, 0.15) is 11.3 Å². The van der Waals surface area contributed by atoms with E-state index in [1.165, 1.54) is 0 Å². The molecular weight excluding hydrogens is 262 g/mol. The molecule has 1 aliphatic rings. The molecule has 1 N–H and O–H groups in total. The molecule has 19 heavy (non-hydrogen) atoms. The highest BCUT2D eigenvalue weighted by molar-refractivity contribution is 7.92. The van der Waals surface area contributed by atoms with Crippen molar-refractivity contribution in [2.24, 2.45) is 0 Å². The number of hydrogen-bond donors (Lipinski definition) is 1. The van der Waals surface area contributed by atoms with Crippen LogP contribution in [0.4, 0.5) is 0 Å². The van der Waals surface area contributed by atoms with Gasteiger partial charge in [-0.1, -0.05) is 0 Å². The second kappa shape index (κ2) is 4.35. The smallest absolute Gasteiger partial charge is 0.180 e. The van der Waals surface area contributed by atoms with E-state index in [-0.39, 0.29) is 0 Å². The summed E-state index contributed by atoms with van der Waals surface area (Å²) in [6.45, 7) is 5.03. The topological polar surface area (TPSA) is 59.3 Å². The fraction of sp³-hybridized carbons (Fsp3) is 0.429. The zero-order chi connectivity index (χ0) is 13.6. The highest BCUT2D eigenvalue weighted by Gasteiger charge is 2.22. The molecule has 0 unspecified atom stereocenters. The Bertz CT molecular complexity index is 728. The van der Waals surface area contributed by atoms with Crippen LogP contribution in [0.3, 0.4) is 0 Å². The van der Waals surface area contributed by atoms with Crippen LogP contribution < -0.4 is 5.32 Å². The summed E-state index contributed by atoms with van der Waals surface area (Å²) in [5, 5.41) is 3.79. The summed E-state index contributed by atoms with van der Waals surface area (Å²) in [6, 6.07) is 5.17. The van der Waals surface area contributed by atoms with Gasteiger partial charge in [0.05, 0.1) is 16.7 Å². The molecule has 0 radical (unpaired) electrons. The van der Waals surface area contributed by atoms with Crippen LogP contribution in [0.25, 0.3) is 11.0 Å². The fourth-order valence-corrected chi connectivity index (χ4v) is 3.54. The van der Waals surface area contributed by atoms with Crippen molar-refractivity contribution in [3.8, 4) is 0 Å². The van der Waals surface area contributed by atoms with E-state index in [0.29, 0.717) is 4.90 Å². The van der Waals surface area contributed by atoms with Gasteiger partial charge in [0.2, 0.25) is 0 Å². The summed E-state index contributed by atoms with van der Waals surface area (Å²) in [6.07, 6.45) is 0.882. The van der Waals surface area contributed by atoms with Crippen LogP contribution >= 0.6 is 0 Å². The van der Waals surface area contributed by atoms with Crippen molar-refractivity contribution in [2.45, 2.75) is 37.0 Å². The van der Waals surface area contributed by atoms with Gasteiger partial charge in [0, 0.05) is 10.9 Å². The van der Waals surface area contributed by atoms with Crippen molar-refractivity contribution in [1.29, 1.82) is 0 Å². The molecule has 0 aliphatic carbocycles. The zero-order valence-corrected chi connectivity index (χ0v) is 11.9. The Morgan fingerprint density at radius 3 is 2.84 bits per heavy atom.